The molecule has 0 bridgehead atoms. The van der Waals surface area contributed by atoms with Crippen molar-refractivity contribution in [3.63, 3.8) is 0 Å². The molecule has 18 heavy (non-hydrogen) atoms. The lowest BCUT2D eigenvalue weighted by atomic mass is 10.1. The fourth-order valence-corrected chi connectivity index (χ4v) is 2.47. The zero-order chi connectivity index (χ0) is 11.9. The van der Waals surface area contributed by atoms with E-state index in [0.29, 0.717) is 0 Å². The molecule has 0 fully saturated rings. The van der Waals surface area contributed by atoms with E-state index in [4.69, 9.17) is 0 Å². The van der Waals surface area contributed by atoms with E-state index in [9.17, 15) is 0 Å². The Hall–Kier alpha value is -2.36. The van der Waals surface area contributed by atoms with Gasteiger partial charge in [0, 0.05) is 24.0 Å². The van der Waals surface area contributed by atoms with Crippen molar-refractivity contribution >= 4 is 11.3 Å². The molecule has 4 heteroatoms. The number of anilines is 1. The fourth-order valence-electron chi connectivity index (χ4n) is 2.47. The summed E-state index contributed by atoms with van der Waals surface area (Å²) in [5.74, 6) is 0.891. The summed E-state index contributed by atoms with van der Waals surface area (Å²) in [6, 6.07) is 12.4. The molecule has 2 aromatic heterocycles. The Morgan fingerprint density at radius 3 is 3.11 bits per heavy atom. The summed E-state index contributed by atoms with van der Waals surface area (Å²) >= 11 is 0. The first-order valence-corrected chi connectivity index (χ1v) is 6.09. The summed E-state index contributed by atoms with van der Waals surface area (Å²) in [5, 5.41) is 11.9. The maximum absolute atomic E-state index is 4.28. The molecule has 0 spiro atoms. The Morgan fingerprint density at radius 1 is 1.11 bits per heavy atom. The number of nitrogens with one attached hydrogen (secondary N) is 1. The second-order valence-electron chi connectivity index (χ2n) is 4.50. The van der Waals surface area contributed by atoms with E-state index in [0.717, 1.165) is 30.0 Å². The molecule has 0 amide bonds. The van der Waals surface area contributed by atoms with Gasteiger partial charge >= 0.3 is 0 Å². The SMILES string of the molecule is c1ccn2c(-c3ccc4c(c3)NCC4)nnc2c1. The average molecular weight is 236 g/mol. The molecule has 3 heterocycles. The van der Waals surface area contributed by atoms with Crippen molar-refractivity contribution < 1.29 is 0 Å². The van der Waals surface area contributed by atoms with Crippen molar-refractivity contribution in [1.29, 1.82) is 0 Å². The summed E-state index contributed by atoms with van der Waals surface area (Å²) in [6.07, 6.45) is 3.10. The topological polar surface area (TPSA) is 42.2 Å². The van der Waals surface area contributed by atoms with E-state index < -0.39 is 0 Å². The van der Waals surface area contributed by atoms with Crippen LogP contribution in [0.3, 0.4) is 0 Å². The predicted molar refractivity (Wildman–Crippen MR) is 70.6 cm³/mol. The van der Waals surface area contributed by atoms with Gasteiger partial charge in [-0.05, 0) is 30.2 Å². The lowest BCUT2D eigenvalue weighted by molar-refractivity contribution is 1.10. The van der Waals surface area contributed by atoms with Crippen molar-refractivity contribution in [2.24, 2.45) is 0 Å². The van der Waals surface area contributed by atoms with Crippen molar-refractivity contribution in [2.45, 2.75) is 6.42 Å². The third-order valence-electron chi connectivity index (χ3n) is 3.39. The zero-order valence-corrected chi connectivity index (χ0v) is 9.80. The summed E-state index contributed by atoms with van der Waals surface area (Å²) < 4.78 is 2.01. The largest absolute Gasteiger partial charge is 0.384 e. The number of nitrogens with zero attached hydrogens (tertiary/aromatic N) is 3. The van der Waals surface area contributed by atoms with Crippen LogP contribution in [0.1, 0.15) is 5.56 Å². The highest BCUT2D eigenvalue weighted by molar-refractivity contribution is 5.68. The van der Waals surface area contributed by atoms with Crippen LogP contribution in [0.4, 0.5) is 5.69 Å². The van der Waals surface area contributed by atoms with Crippen LogP contribution in [0.5, 0.6) is 0 Å². The van der Waals surface area contributed by atoms with Crippen LogP contribution in [-0.2, 0) is 6.42 Å². The quantitative estimate of drug-likeness (QED) is 0.705. The van der Waals surface area contributed by atoms with E-state index in [1.54, 1.807) is 0 Å². The summed E-state index contributed by atoms with van der Waals surface area (Å²) in [6.45, 7) is 1.03. The third kappa shape index (κ3) is 1.32. The van der Waals surface area contributed by atoms with Gasteiger partial charge < -0.3 is 5.32 Å². The molecular weight excluding hydrogens is 224 g/mol. The number of hydrogen-bond donors (Lipinski definition) is 1. The van der Waals surface area contributed by atoms with Gasteiger partial charge in [-0.1, -0.05) is 18.2 Å². The molecule has 1 aliphatic heterocycles. The van der Waals surface area contributed by atoms with Crippen molar-refractivity contribution in [1.82, 2.24) is 14.6 Å². The Labute approximate surface area is 104 Å². The van der Waals surface area contributed by atoms with Gasteiger partial charge in [0.05, 0.1) is 0 Å². The second-order valence-corrected chi connectivity index (χ2v) is 4.50. The van der Waals surface area contributed by atoms with Crippen molar-refractivity contribution in [3.8, 4) is 11.4 Å². The summed E-state index contributed by atoms with van der Waals surface area (Å²) in [5.41, 5.74) is 4.58. The number of benzene rings is 1. The lowest BCUT2D eigenvalue weighted by Gasteiger charge is -2.03. The molecule has 0 atom stereocenters. The van der Waals surface area contributed by atoms with Gasteiger partial charge in [-0.3, -0.25) is 4.40 Å². The molecule has 0 aliphatic carbocycles. The van der Waals surface area contributed by atoms with Gasteiger partial charge in [0.15, 0.2) is 11.5 Å². The standard InChI is InChI=1S/C14H12N4/c1-2-8-18-13(3-1)16-17-14(18)11-5-4-10-6-7-15-12(10)9-11/h1-5,8-9,15H,6-7H2. The van der Waals surface area contributed by atoms with Gasteiger partial charge in [0.25, 0.3) is 0 Å². The van der Waals surface area contributed by atoms with Gasteiger partial charge in [-0.15, -0.1) is 10.2 Å². The van der Waals surface area contributed by atoms with Crippen LogP contribution in [0.25, 0.3) is 17.0 Å². The predicted octanol–water partition coefficient (Wildman–Crippen LogP) is 2.36. The molecule has 4 nitrogen and oxygen atoms in total. The van der Waals surface area contributed by atoms with Crippen molar-refractivity contribution in [3.05, 3.63) is 48.2 Å². The molecule has 4 rings (SSSR count). The lowest BCUT2D eigenvalue weighted by Crippen LogP contribution is -1.92. The van der Waals surface area contributed by atoms with Crippen LogP contribution in [0.2, 0.25) is 0 Å². The first kappa shape index (κ1) is 9.65. The minimum atomic E-state index is 0.876. The molecule has 3 aromatic rings. The first-order valence-electron chi connectivity index (χ1n) is 6.09. The maximum atomic E-state index is 4.28. The molecule has 0 saturated heterocycles. The van der Waals surface area contributed by atoms with E-state index in [2.05, 4.69) is 33.7 Å². The molecular formula is C14H12N4. The number of fused-ring (bicyclic) bond motifs is 2. The molecule has 0 unspecified atom stereocenters. The van der Waals surface area contributed by atoms with Gasteiger partial charge in [-0.2, -0.15) is 0 Å². The number of aromatic nitrogens is 3. The van der Waals surface area contributed by atoms with Crippen LogP contribution in [0, 0.1) is 0 Å². The fraction of sp³-hybridized carbons (Fsp3) is 0.143. The second kappa shape index (κ2) is 3.57. The Morgan fingerprint density at radius 2 is 2.11 bits per heavy atom. The summed E-state index contributed by atoms with van der Waals surface area (Å²) in [4.78, 5) is 0. The monoisotopic (exact) mass is 236 g/mol. The highest BCUT2D eigenvalue weighted by Gasteiger charge is 2.13. The van der Waals surface area contributed by atoms with Gasteiger partial charge in [-0.25, -0.2) is 0 Å². The van der Waals surface area contributed by atoms with E-state index in [-0.39, 0.29) is 0 Å². The number of hydrogen-bond acceptors (Lipinski definition) is 3. The molecule has 0 saturated carbocycles. The smallest absolute Gasteiger partial charge is 0.168 e. The highest BCUT2D eigenvalue weighted by Crippen LogP contribution is 2.28. The van der Waals surface area contributed by atoms with Crippen LogP contribution >= 0.6 is 0 Å². The van der Waals surface area contributed by atoms with Crippen molar-refractivity contribution in [2.75, 3.05) is 11.9 Å². The number of pyridine rings is 1. The van der Waals surface area contributed by atoms with Gasteiger partial charge in [0.2, 0.25) is 0 Å². The average Bonchev–Trinajstić information content (AvgIpc) is 3.04. The third-order valence-corrected chi connectivity index (χ3v) is 3.39. The minimum Gasteiger partial charge on any atom is -0.384 e. The van der Waals surface area contributed by atoms with Crippen LogP contribution < -0.4 is 5.32 Å². The molecule has 1 aromatic carbocycles. The van der Waals surface area contributed by atoms with E-state index in [1.807, 2.05) is 28.8 Å². The Balaban J connectivity index is 1.92. The molecule has 88 valence electrons. The minimum absolute atomic E-state index is 0.876. The maximum Gasteiger partial charge on any atom is 0.168 e. The molecule has 0 radical (unpaired) electrons. The molecule has 1 N–H and O–H groups in total. The van der Waals surface area contributed by atoms with Crippen LogP contribution in [0.15, 0.2) is 42.6 Å². The first-order chi connectivity index (χ1) is 8.92. The van der Waals surface area contributed by atoms with Crippen LogP contribution in [-0.4, -0.2) is 21.1 Å². The number of rotatable bonds is 1. The highest BCUT2D eigenvalue weighted by atomic mass is 15.2. The normalized spacial score (nSPS) is 13.6. The zero-order valence-electron chi connectivity index (χ0n) is 9.80. The molecule has 1 aliphatic rings. The van der Waals surface area contributed by atoms with E-state index >= 15 is 0 Å². The van der Waals surface area contributed by atoms with Gasteiger partial charge in [0.1, 0.15) is 0 Å². The van der Waals surface area contributed by atoms with E-state index in [1.165, 1.54) is 11.3 Å². The Bertz CT molecular complexity index is 729. The Kier molecular flexibility index (Phi) is 1.91. The summed E-state index contributed by atoms with van der Waals surface area (Å²) in [7, 11) is 0.